The number of imidazole rings is 1. The molecule has 0 saturated heterocycles. The fourth-order valence-electron chi connectivity index (χ4n) is 2.33. The Balaban J connectivity index is 1.59. The maximum Gasteiger partial charge on any atom is 0.276 e. The van der Waals surface area contributed by atoms with Gasteiger partial charge in [-0.1, -0.05) is 11.6 Å². The molecule has 3 aromatic rings. The summed E-state index contributed by atoms with van der Waals surface area (Å²) in [6, 6.07) is 10.5. The molecule has 1 saturated carbocycles. The lowest BCUT2D eigenvalue weighted by atomic mass is 10.3. The topological polar surface area (TPSA) is 59.3 Å². The van der Waals surface area contributed by atoms with Crippen LogP contribution < -0.4 is 5.32 Å². The average Bonchev–Trinajstić information content (AvgIpc) is 3.28. The highest BCUT2D eigenvalue weighted by molar-refractivity contribution is 6.30. The lowest BCUT2D eigenvalue weighted by molar-refractivity contribution is 0.102. The molecule has 1 aromatic carbocycles. The van der Waals surface area contributed by atoms with Crippen molar-refractivity contribution in [1.82, 2.24) is 14.6 Å². The Morgan fingerprint density at radius 3 is 2.68 bits per heavy atom. The Morgan fingerprint density at radius 1 is 1.18 bits per heavy atom. The van der Waals surface area contributed by atoms with Crippen LogP contribution in [0.1, 0.15) is 34.9 Å². The van der Waals surface area contributed by atoms with Crippen molar-refractivity contribution >= 4 is 28.8 Å². The van der Waals surface area contributed by atoms with E-state index in [0.717, 1.165) is 11.3 Å². The smallest absolute Gasteiger partial charge is 0.276 e. The molecule has 6 heteroatoms. The van der Waals surface area contributed by atoms with Gasteiger partial charge in [0.15, 0.2) is 5.65 Å². The van der Waals surface area contributed by atoms with Crippen molar-refractivity contribution in [3.8, 4) is 0 Å². The largest absolute Gasteiger partial charge is 0.321 e. The van der Waals surface area contributed by atoms with E-state index in [4.69, 9.17) is 11.6 Å². The van der Waals surface area contributed by atoms with E-state index in [-0.39, 0.29) is 5.91 Å². The molecule has 0 radical (unpaired) electrons. The van der Waals surface area contributed by atoms with Crippen LogP contribution in [0.5, 0.6) is 0 Å². The summed E-state index contributed by atoms with van der Waals surface area (Å²) in [6.45, 7) is 0. The van der Waals surface area contributed by atoms with E-state index in [0.29, 0.717) is 22.3 Å². The maximum absolute atomic E-state index is 12.3. The molecule has 0 unspecified atom stereocenters. The minimum Gasteiger partial charge on any atom is -0.321 e. The fraction of sp³-hybridized carbons (Fsp3) is 0.188. The first-order valence-electron chi connectivity index (χ1n) is 7.12. The van der Waals surface area contributed by atoms with Gasteiger partial charge in [0.1, 0.15) is 5.69 Å². The van der Waals surface area contributed by atoms with Gasteiger partial charge in [-0.25, -0.2) is 9.50 Å². The molecular formula is C16H13ClN4O. The summed E-state index contributed by atoms with van der Waals surface area (Å²) in [5.74, 6) is 0.305. The van der Waals surface area contributed by atoms with Gasteiger partial charge in [-0.3, -0.25) is 4.79 Å². The van der Waals surface area contributed by atoms with Gasteiger partial charge < -0.3 is 5.32 Å². The number of halogens is 1. The van der Waals surface area contributed by atoms with E-state index in [2.05, 4.69) is 15.4 Å². The van der Waals surface area contributed by atoms with Gasteiger partial charge in [-0.2, -0.15) is 5.10 Å². The van der Waals surface area contributed by atoms with Gasteiger partial charge in [-0.15, -0.1) is 0 Å². The molecule has 110 valence electrons. The number of fused-ring (bicyclic) bond motifs is 1. The molecule has 4 rings (SSSR count). The molecule has 5 nitrogen and oxygen atoms in total. The van der Waals surface area contributed by atoms with Crippen molar-refractivity contribution in [2.75, 3.05) is 5.32 Å². The zero-order chi connectivity index (χ0) is 15.1. The molecule has 2 heterocycles. The second-order valence-corrected chi connectivity index (χ2v) is 5.86. The lowest BCUT2D eigenvalue weighted by Crippen LogP contribution is -2.15. The molecule has 1 aliphatic rings. The molecule has 1 fully saturated rings. The molecule has 0 atom stereocenters. The van der Waals surface area contributed by atoms with Gasteiger partial charge >= 0.3 is 0 Å². The van der Waals surface area contributed by atoms with E-state index in [1.807, 2.05) is 12.3 Å². The minimum atomic E-state index is -0.258. The summed E-state index contributed by atoms with van der Waals surface area (Å²) >= 11 is 5.83. The van der Waals surface area contributed by atoms with Crippen LogP contribution in [0.25, 0.3) is 5.65 Å². The van der Waals surface area contributed by atoms with Crippen LogP contribution in [0.3, 0.4) is 0 Å². The van der Waals surface area contributed by atoms with Crippen molar-refractivity contribution in [3.63, 3.8) is 0 Å². The number of nitrogens with zero attached hydrogens (tertiary/aromatic N) is 3. The zero-order valence-corrected chi connectivity index (χ0v) is 12.4. The number of hydrogen-bond acceptors (Lipinski definition) is 3. The zero-order valence-electron chi connectivity index (χ0n) is 11.7. The number of carbonyl (C=O) groups is 1. The Labute approximate surface area is 131 Å². The third-order valence-electron chi connectivity index (χ3n) is 3.67. The molecule has 0 spiro atoms. The van der Waals surface area contributed by atoms with Crippen molar-refractivity contribution in [3.05, 3.63) is 59.0 Å². The molecule has 0 aliphatic heterocycles. The number of carbonyl (C=O) groups excluding carboxylic acids is 1. The number of rotatable bonds is 3. The maximum atomic E-state index is 12.3. The standard InChI is InChI=1S/C16H13ClN4O/c17-11-3-5-12(6-4-11)18-16(22)13-7-8-15-19-14(10-1-2-10)9-21(15)20-13/h3-10H,1-2H2,(H,18,22). The summed E-state index contributed by atoms with van der Waals surface area (Å²) in [4.78, 5) is 16.8. The summed E-state index contributed by atoms with van der Waals surface area (Å²) in [6.07, 6.45) is 4.29. The SMILES string of the molecule is O=C(Nc1ccc(Cl)cc1)c1ccc2nc(C3CC3)cn2n1. The monoisotopic (exact) mass is 312 g/mol. The van der Waals surface area contributed by atoms with E-state index in [1.165, 1.54) is 12.8 Å². The first kappa shape index (κ1) is 13.3. The van der Waals surface area contributed by atoms with E-state index in [1.54, 1.807) is 34.8 Å². The highest BCUT2D eigenvalue weighted by Crippen LogP contribution is 2.39. The fourth-order valence-corrected chi connectivity index (χ4v) is 2.45. The van der Waals surface area contributed by atoms with Crippen molar-refractivity contribution in [1.29, 1.82) is 0 Å². The molecule has 22 heavy (non-hydrogen) atoms. The van der Waals surface area contributed by atoms with Crippen molar-refractivity contribution in [2.45, 2.75) is 18.8 Å². The predicted octanol–water partition coefficient (Wildman–Crippen LogP) is 3.51. The first-order valence-corrected chi connectivity index (χ1v) is 7.50. The summed E-state index contributed by atoms with van der Waals surface area (Å²) in [5, 5.41) is 7.76. The number of hydrogen-bond donors (Lipinski definition) is 1. The quantitative estimate of drug-likeness (QED) is 0.805. The number of amides is 1. The number of anilines is 1. The van der Waals surface area contributed by atoms with Gasteiger partial charge in [0.25, 0.3) is 5.91 Å². The second-order valence-electron chi connectivity index (χ2n) is 5.42. The van der Waals surface area contributed by atoms with Gasteiger partial charge in [-0.05, 0) is 49.2 Å². The number of aromatic nitrogens is 3. The summed E-state index contributed by atoms with van der Waals surface area (Å²) in [7, 11) is 0. The second kappa shape index (κ2) is 5.10. The number of nitrogens with one attached hydrogen (secondary N) is 1. The highest BCUT2D eigenvalue weighted by atomic mass is 35.5. The van der Waals surface area contributed by atoms with Crippen LogP contribution in [0, 0.1) is 0 Å². The first-order chi connectivity index (χ1) is 10.7. The van der Waals surface area contributed by atoms with Crippen LogP contribution in [0.4, 0.5) is 5.69 Å². The predicted molar refractivity (Wildman–Crippen MR) is 84.4 cm³/mol. The molecule has 1 N–H and O–H groups in total. The van der Waals surface area contributed by atoms with Gasteiger partial charge in [0.2, 0.25) is 0 Å². The summed E-state index contributed by atoms with van der Waals surface area (Å²) in [5.41, 5.74) is 2.86. The summed E-state index contributed by atoms with van der Waals surface area (Å²) < 4.78 is 1.67. The van der Waals surface area contributed by atoms with Crippen molar-refractivity contribution in [2.24, 2.45) is 0 Å². The van der Waals surface area contributed by atoms with E-state index in [9.17, 15) is 4.79 Å². The molecule has 0 bridgehead atoms. The average molecular weight is 313 g/mol. The molecule has 2 aromatic heterocycles. The van der Waals surface area contributed by atoms with E-state index >= 15 is 0 Å². The van der Waals surface area contributed by atoms with Crippen LogP contribution in [-0.4, -0.2) is 20.5 Å². The van der Waals surface area contributed by atoms with Crippen molar-refractivity contribution < 1.29 is 4.79 Å². The Kier molecular flexibility index (Phi) is 3.08. The van der Waals surface area contributed by atoms with Crippen LogP contribution >= 0.6 is 11.6 Å². The van der Waals surface area contributed by atoms with Crippen LogP contribution in [0.15, 0.2) is 42.6 Å². The third kappa shape index (κ3) is 2.55. The normalized spacial score (nSPS) is 14.2. The van der Waals surface area contributed by atoms with E-state index < -0.39 is 0 Å². The third-order valence-corrected chi connectivity index (χ3v) is 3.92. The molecular weight excluding hydrogens is 300 g/mol. The molecule has 1 aliphatic carbocycles. The lowest BCUT2D eigenvalue weighted by Gasteiger charge is -2.04. The Bertz CT molecular complexity index is 852. The Hall–Kier alpha value is -2.40. The highest BCUT2D eigenvalue weighted by Gasteiger charge is 2.26. The van der Waals surface area contributed by atoms with Crippen LogP contribution in [0.2, 0.25) is 5.02 Å². The number of benzene rings is 1. The Morgan fingerprint density at radius 2 is 1.95 bits per heavy atom. The van der Waals surface area contributed by atoms with Gasteiger partial charge in [0, 0.05) is 16.6 Å². The minimum absolute atomic E-state index is 0.258. The molecule has 1 amide bonds. The van der Waals surface area contributed by atoms with Crippen LogP contribution in [-0.2, 0) is 0 Å². The van der Waals surface area contributed by atoms with Gasteiger partial charge in [0.05, 0.1) is 11.9 Å².